The van der Waals surface area contributed by atoms with Gasteiger partial charge in [0.15, 0.2) is 0 Å². The molecule has 1 fully saturated rings. The summed E-state index contributed by atoms with van der Waals surface area (Å²) in [6.07, 6.45) is 0.399. The molecular weight excluding hydrogens is 240 g/mol. The maximum Gasteiger partial charge on any atom is 0.141 e. The van der Waals surface area contributed by atoms with E-state index in [1.54, 1.807) is 6.07 Å². The van der Waals surface area contributed by atoms with E-state index in [-0.39, 0.29) is 18.0 Å². The Hall–Kier alpha value is -1.81. The molecule has 2 heterocycles. The van der Waals surface area contributed by atoms with Gasteiger partial charge in [0.1, 0.15) is 17.1 Å². The lowest BCUT2D eigenvalue weighted by atomic mass is 10.2. The number of hydrogen-bond acceptors (Lipinski definition) is 4. The predicted octanol–water partition coefficient (Wildman–Crippen LogP) is 2.55. The molecule has 0 amide bonds. The Morgan fingerprint density at radius 1 is 1.16 bits per heavy atom. The van der Waals surface area contributed by atoms with Gasteiger partial charge < -0.3 is 14.7 Å². The molecule has 1 aliphatic rings. The van der Waals surface area contributed by atoms with Crippen molar-refractivity contribution in [3.8, 4) is 5.75 Å². The van der Waals surface area contributed by atoms with Crippen molar-refractivity contribution >= 4 is 16.7 Å². The molecule has 2 aromatic rings. The third-order valence-electron chi connectivity index (χ3n) is 3.43. The zero-order valence-corrected chi connectivity index (χ0v) is 11.2. The molecule has 3 rings (SSSR count). The number of phenolic OH excluding ortho intramolecular Hbond substituents is 1. The van der Waals surface area contributed by atoms with Crippen LogP contribution < -0.4 is 4.90 Å². The lowest BCUT2D eigenvalue weighted by molar-refractivity contribution is -0.00544. The first-order chi connectivity index (χ1) is 9.13. The maximum atomic E-state index is 9.89. The fraction of sp³-hybridized carbons (Fsp3) is 0.400. The number of anilines is 1. The van der Waals surface area contributed by atoms with E-state index in [1.807, 2.05) is 24.3 Å². The number of aromatic nitrogens is 1. The average molecular weight is 258 g/mol. The Labute approximate surface area is 112 Å². The Morgan fingerprint density at radius 3 is 2.63 bits per heavy atom. The SMILES string of the molecule is C[C@@H]1CN(c2ccc3cccc(O)c3n2)C[C@H](C)O1. The van der Waals surface area contributed by atoms with Gasteiger partial charge >= 0.3 is 0 Å². The highest BCUT2D eigenvalue weighted by Gasteiger charge is 2.23. The fourth-order valence-corrected chi connectivity index (χ4v) is 2.66. The zero-order valence-electron chi connectivity index (χ0n) is 11.2. The summed E-state index contributed by atoms with van der Waals surface area (Å²) >= 11 is 0. The summed E-state index contributed by atoms with van der Waals surface area (Å²) in [5, 5.41) is 10.8. The molecule has 1 aromatic heterocycles. The molecule has 1 saturated heterocycles. The molecule has 0 spiro atoms. The number of fused-ring (bicyclic) bond motifs is 1. The molecule has 4 nitrogen and oxygen atoms in total. The number of benzene rings is 1. The highest BCUT2D eigenvalue weighted by Crippen LogP contribution is 2.26. The minimum atomic E-state index is 0.200. The number of ether oxygens (including phenoxy) is 1. The van der Waals surface area contributed by atoms with Gasteiger partial charge in [0.2, 0.25) is 0 Å². The molecule has 0 aliphatic carbocycles. The van der Waals surface area contributed by atoms with Crippen LogP contribution in [0.3, 0.4) is 0 Å². The normalized spacial score (nSPS) is 23.8. The van der Waals surface area contributed by atoms with Crippen molar-refractivity contribution < 1.29 is 9.84 Å². The summed E-state index contributed by atoms with van der Waals surface area (Å²) in [5.74, 6) is 1.13. The standard InChI is InChI=1S/C15H18N2O2/c1-10-8-17(9-11(2)19-10)14-7-6-12-4-3-5-13(18)15(12)16-14/h3-7,10-11,18H,8-9H2,1-2H3/t10-,11+. The number of pyridine rings is 1. The van der Waals surface area contributed by atoms with Crippen LogP contribution in [0, 0.1) is 0 Å². The van der Waals surface area contributed by atoms with Crippen molar-refractivity contribution in [1.82, 2.24) is 4.98 Å². The van der Waals surface area contributed by atoms with Crippen molar-refractivity contribution in [3.63, 3.8) is 0 Å². The molecule has 0 saturated carbocycles. The molecule has 4 heteroatoms. The van der Waals surface area contributed by atoms with Gasteiger partial charge in [-0.15, -0.1) is 0 Å². The van der Waals surface area contributed by atoms with Crippen LogP contribution in [0.15, 0.2) is 30.3 Å². The third-order valence-corrected chi connectivity index (χ3v) is 3.43. The smallest absolute Gasteiger partial charge is 0.141 e. The van der Waals surface area contributed by atoms with Crippen molar-refractivity contribution in [1.29, 1.82) is 0 Å². The average Bonchev–Trinajstić information content (AvgIpc) is 2.38. The topological polar surface area (TPSA) is 45.6 Å². The number of aromatic hydroxyl groups is 1. The van der Waals surface area contributed by atoms with Gasteiger partial charge in [0, 0.05) is 18.5 Å². The van der Waals surface area contributed by atoms with E-state index in [0.717, 1.165) is 24.3 Å². The number of nitrogens with zero attached hydrogens (tertiary/aromatic N) is 2. The number of rotatable bonds is 1. The van der Waals surface area contributed by atoms with E-state index in [9.17, 15) is 5.11 Å². The number of hydrogen-bond donors (Lipinski definition) is 1. The van der Waals surface area contributed by atoms with E-state index >= 15 is 0 Å². The van der Waals surface area contributed by atoms with Gasteiger partial charge in [0.05, 0.1) is 12.2 Å². The Bertz CT molecular complexity index is 590. The van der Waals surface area contributed by atoms with E-state index in [1.165, 1.54) is 0 Å². The van der Waals surface area contributed by atoms with Crippen molar-refractivity contribution in [3.05, 3.63) is 30.3 Å². The van der Waals surface area contributed by atoms with Crippen LogP contribution in [0.1, 0.15) is 13.8 Å². The van der Waals surface area contributed by atoms with Gasteiger partial charge in [-0.3, -0.25) is 0 Å². The fourth-order valence-electron chi connectivity index (χ4n) is 2.66. The molecule has 1 aromatic carbocycles. The summed E-state index contributed by atoms with van der Waals surface area (Å²) in [5.41, 5.74) is 0.659. The lowest BCUT2D eigenvalue weighted by Crippen LogP contribution is -2.45. The third kappa shape index (κ3) is 2.36. The summed E-state index contributed by atoms with van der Waals surface area (Å²) in [6.45, 7) is 5.80. The van der Waals surface area contributed by atoms with Gasteiger partial charge in [0.25, 0.3) is 0 Å². The van der Waals surface area contributed by atoms with E-state index < -0.39 is 0 Å². The molecule has 0 unspecified atom stereocenters. The van der Waals surface area contributed by atoms with E-state index in [2.05, 4.69) is 23.7 Å². The summed E-state index contributed by atoms with van der Waals surface area (Å²) in [6, 6.07) is 9.46. The van der Waals surface area contributed by atoms with E-state index in [4.69, 9.17) is 4.74 Å². The van der Waals surface area contributed by atoms with Crippen LogP contribution in [-0.4, -0.2) is 35.4 Å². The molecule has 1 aliphatic heterocycles. The van der Waals surface area contributed by atoms with Crippen molar-refractivity contribution in [2.75, 3.05) is 18.0 Å². The maximum absolute atomic E-state index is 9.89. The minimum absolute atomic E-state index is 0.200. The highest BCUT2D eigenvalue weighted by molar-refractivity contribution is 5.85. The van der Waals surface area contributed by atoms with Crippen LogP contribution in [-0.2, 0) is 4.74 Å². The Balaban J connectivity index is 1.98. The van der Waals surface area contributed by atoms with Gasteiger partial charge in [-0.05, 0) is 32.0 Å². The quantitative estimate of drug-likeness (QED) is 0.854. The van der Waals surface area contributed by atoms with Crippen LogP contribution in [0.25, 0.3) is 10.9 Å². The molecule has 2 atom stereocenters. The van der Waals surface area contributed by atoms with Crippen LogP contribution in [0.5, 0.6) is 5.75 Å². The van der Waals surface area contributed by atoms with Crippen molar-refractivity contribution in [2.24, 2.45) is 0 Å². The Kier molecular flexibility index (Phi) is 3.03. The second kappa shape index (κ2) is 4.70. The summed E-state index contributed by atoms with van der Waals surface area (Å²) in [4.78, 5) is 6.80. The van der Waals surface area contributed by atoms with E-state index in [0.29, 0.717) is 5.52 Å². The first kappa shape index (κ1) is 12.2. The Morgan fingerprint density at radius 2 is 1.89 bits per heavy atom. The number of morpholine rings is 1. The summed E-state index contributed by atoms with van der Waals surface area (Å²) < 4.78 is 5.73. The summed E-state index contributed by atoms with van der Waals surface area (Å²) in [7, 11) is 0. The molecule has 19 heavy (non-hydrogen) atoms. The molecular formula is C15H18N2O2. The first-order valence-electron chi connectivity index (χ1n) is 6.62. The monoisotopic (exact) mass is 258 g/mol. The van der Waals surface area contributed by atoms with Gasteiger partial charge in [-0.2, -0.15) is 0 Å². The zero-order chi connectivity index (χ0) is 13.4. The minimum Gasteiger partial charge on any atom is -0.506 e. The van der Waals surface area contributed by atoms with Crippen molar-refractivity contribution in [2.45, 2.75) is 26.1 Å². The number of phenols is 1. The first-order valence-corrected chi connectivity index (χ1v) is 6.62. The lowest BCUT2D eigenvalue weighted by Gasteiger charge is -2.36. The molecule has 0 radical (unpaired) electrons. The van der Waals surface area contributed by atoms with Gasteiger partial charge in [-0.25, -0.2) is 4.98 Å². The predicted molar refractivity (Wildman–Crippen MR) is 75.6 cm³/mol. The number of para-hydroxylation sites is 1. The van der Waals surface area contributed by atoms with Crippen LogP contribution >= 0.6 is 0 Å². The molecule has 100 valence electrons. The second-order valence-electron chi connectivity index (χ2n) is 5.18. The van der Waals surface area contributed by atoms with Crippen LogP contribution in [0.4, 0.5) is 5.82 Å². The highest BCUT2D eigenvalue weighted by atomic mass is 16.5. The largest absolute Gasteiger partial charge is 0.506 e. The molecule has 0 bridgehead atoms. The second-order valence-corrected chi connectivity index (χ2v) is 5.18. The van der Waals surface area contributed by atoms with Gasteiger partial charge in [-0.1, -0.05) is 12.1 Å². The van der Waals surface area contributed by atoms with Crippen LogP contribution in [0.2, 0.25) is 0 Å². The molecule has 1 N–H and O–H groups in total.